The van der Waals surface area contributed by atoms with E-state index >= 15 is 0 Å². The lowest BCUT2D eigenvalue weighted by Gasteiger charge is -2.37. The summed E-state index contributed by atoms with van der Waals surface area (Å²) in [4.78, 5) is 41.4. The van der Waals surface area contributed by atoms with Gasteiger partial charge in [0.05, 0.1) is 22.8 Å². The van der Waals surface area contributed by atoms with Crippen molar-refractivity contribution in [3.05, 3.63) is 86.3 Å². The number of anilines is 2. The van der Waals surface area contributed by atoms with E-state index in [-0.39, 0.29) is 17.9 Å². The first kappa shape index (κ1) is 35.1. The molecule has 0 saturated carbocycles. The standard InChI is InChI=1S/C35H41Br2FN8O3/c1-43(2)13-5-14-46-31-9-8-24(38)21-29(31)40-33(46)30(20-22-18-26(36)32(39)27(37)19-22)42-35(48)49-44-15-11-25(12-16-44)45-17-10-23-6-3-4-7-28(23)41-34(45)47/h3-4,6-9,18-19,21,25,30H,5,10-17,20,39H2,1-2H3,(H,41,47)(H,42,48)/t30-/m1/s1. The number of nitrogens with zero attached hydrogens (tertiary/aromatic N) is 5. The maximum absolute atomic E-state index is 14.3. The minimum atomic E-state index is -0.613. The van der Waals surface area contributed by atoms with Crippen LogP contribution in [0, 0.1) is 5.82 Å². The van der Waals surface area contributed by atoms with Crippen molar-refractivity contribution in [1.29, 1.82) is 0 Å². The molecular weight excluding hydrogens is 759 g/mol. The van der Waals surface area contributed by atoms with E-state index in [1.165, 1.54) is 12.1 Å². The minimum absolute atomic E-state index is 0.0369. The van der Waals surface area contributed by atoms with Crippen LogP contribution < -0.4 is 16.4 Å². The van der Waals surface area contributed by atoms with Crippen molar-refractivity contribution in [2.75, 3.05) is 51.3 Å². The first-order valence-corrected chi connectivity index (χ1v) is 18.1. The van der Waals surface area contributed by atoms with E-state index in [1.807, 2.05) is 55.4 Å². The van der Waals surface area contributed by atoms with E-state index in [1.54, 1.807) is 11.1 Å². The molecule has 11 nitrogen and oxygen atoms in total. The van der Waals surface area contributed by atoms with Gasteiger partial charge in [0.25, 0.3) is 0 Å². The lowest BCUT2D eigenvalue weighted by atomic mass is 10.0. The Bertz CT molecular complexity index is 1800. The summed E-state index contributed by atoms with van der Waals surface area (Å²) in [6.45, 7) is 3.08. The molecule has 1 atom stereocenters. The second-order valence-corrected chi connectivity index (χ2v) is 14.6. The number of aromatic nitrogens is 2. The number of nitrogen functional groups attached to an aromatic ring is 1. The smallest absolute Gasteiger partial charge is 0.397 e. The number of rotatable bonds is 10. The Kier molecular flexibility index (Phi) is 11.1. The first-order valence-electron chi connectivity index (χ1n) is 16.5. The van der Waals surface area contributed by atoms with Crippen LogP contribution in [0.15, 0.2) is 63.5 Å². The highest BCUT2D eigenvalue weighted by atomic mass is 79.9. The zero-order valence-electron chi connectivity index (χ0n) is 27.6. The molecular formula is C35H41Br2FN8O3. The molecule has 0 aliphatic carbocycles. The fourth-order valence-electron chi connectivity index (χ4n) is 6.63. The number of urea groups is 1. The number of piperidine rings is 1. The van der Waals surface area contributed by atoms with Gasteiger partial charge in [-0.2, -0.15) is 0 Å². The second-order valence-electron chi connectivity index (χ2n) is 12.9. The third kappa shape index (κ3) is 8.36. The number of aryl methyl sites for hydroxylation is 1. The predicted molar refractivity (Wildman–Crippen MR) is 196 cm³/mol. The van der Waals surface area contributed by atoms with E-state index in [4.69, 9.17) is 15.6 Å². The van der Waals surface area contributed by atoms with Crippen molar-refractivity contribution in [3.63, 3.8) is 0 Å². The molecule has 0 spiro atoms. The number of hydroxylamine groups is 2. The molecule has 0 unspecified atom stereocenters. The zero-order chi connectivity index (χ0) is 34.7. The number of benzene rings is 3. The summed E-state index contributed by atoms with van der Waals surface area (Å²) < 4.78 is 17.8. The molecule has 49 heavy (non-hydrogen) atoms. The molecule has 4 N–H and O–H groups in total. The van der Waals surface area contributed by atoms with Gasteiger partial charge in [-0.05, 0) is 120 Å². The Hall–Kier alpha value is -3.72. The molecule has 14 heteroatoms. The van der Waals surface area contributed by atoms with Crippen molar-refractivity contribution in [2.45, 2.75) is 50.7 Å². The van der Waals surface area contributed by atoms with Gasteiger partial charge < -0.3 is 35.6 Å². The van der Waals surface area contributed by atoms with Crippen LogP contribution in [0.2, 0.25) is 0 Å². The van der Waals surface area contributed by atoms with E-state index in [2.05, 4.69) is 52.0 Å². The van der Waals surface area contributed by atoms with Gasteiger partial charge >= 0.3 is 12.1 Å². The third-order valence-corrected chi connectivity index (χ3v) is 10.4. The van der Waals surface area contributed by atoms with Crippen LogP contribution in [-0.4, -0.2) is 82.9 Å². The minimum Gasteiger partial charge on any atom is -0.397 e. The Morgan fingerprint density at radius 1 is 1.12 bits per heavy atom. The number of amides is 3. The first-order chi connectivity index (χ1) is 23.5. The Morgan fingerprint density at radius 2 is 1.86 bits per heavy atom. The number of imidazole rings is 1. The normalized spacial score (nSPS) is 16.4. The molecule has 0 bridgehead atoms. The summed E-state index contributed by atoms with van der Waals surface area (Å²) in [5.41, 5.74) is 10.9. The van der Waals surface area contributed by atoms with E-state index in [9.17, 15) is 14.0 Å². The number of halogens is 3. The quantitative estimate of drug-likeness (QED) is 0.153. The van der Waals surface area contributed by atoms with Crippen LogP contribution in [0.5, 0.6) is 0 Å². The summed E-state index contributed by atoms with van der Waals surface area (Å²) in [5, 5.41) is 7.77. The van der Waals surface area contributed by atoms with E-state index in [0.717, 1.165) is 50.7 Å². The summed E-state index contributed by atoms with van der Waals surface area (Å²) in [5.74, 6) is 0.227. The van der Waals surface area contributed by atoms with Gasteiger partial charge in [0.1, 0.15) is 11.6 Å². The van der Waals surface area contributed by atoms with Crippen molar-refractivity contribution >= 4 is 66.4 Å². The molecule has 1 saturated heterocycles. The molecule has 2 aliphatic rings. The van der Waals surface area contributed by atoms with Crippen molar-refractivity contribution in [2.24, 2.45) is 0 Å². The summed E-state index contributed by atoms with van der Waals surface area (Å²) in [6, 6.07) is 15.6. The molecule has 0 radical (unpaired) electrons. The largest absolute Gasteiger partial charge is 0.426 e. The lowest BCUT2D eigenvalue weighted by Crippen LogP contribution is -2.49. The van der Waals surface area contributed by atoms with E-state index in [0.29, 0.717) is 62.5 Å². The van der Waals surface area contributed by atoms with Gasteiger partial charge in [0.15, 0.2) is 0 Å². The van der Waals surface area contributed by atoms with Crippen LogP contribution in [-0.2, 0) is 24.2 Å². The van der Waals surface area contributed by atoms with Crippen LogP contribution in [0.3, 0.4) is 0 Å². The topological polar surface area (TPSA) is 121 Å². The summed E-state index contributed by atoms with van der Waals surface area (Å²) in [7, 11) is 4.04. The molecule has 1 aromatic heterocycles. The molecule has 2 aliphatic heterocycles. The van der Waals surface area contributed by atoms with Crippen LogP contribution in [0.4, 0.5) is 25.4 Å². The number of carbonyl (C=O) groups excluding carboxylic acids is 2. The van der Waals surface area contributed by atoms with Gasteiger partial charge in [-0.15, -0.1) is 5.06 Å². The summed E-state index contributed by atoms with van der Waals surface area (Å²) >= 11 is 7.08. The predicted octanol–water partition coefficient (Wildman–Crippen LogP) is 6.71. The third-order valence-electron chi connectivity index (χ3n) is 9.13. The molecule has 4 aromatic rings. The fraction of sp³-hybridized carbons (Fsp3) is 0.400. The average molecular weight is 801 g/mol. The molecule has 6 rings (SSSR count). The molecule has 3 heterocycles. The Morgan fingerprint density at radius 3 is 2.59 bits per heavy atom. The van der Waals surface area contributed by atoms with E-state index < -0.39 is 12.1 Å². The summed E-state index contributed by atoms with van der Waals surface area (Å²) in [6.07, 6.45) is 2.71. The highest BCUT2D eigenvalue weighted by Gasteiger charge is 2.32. The maximum Gasteiger partial charge on any atom is 0.426 e. The zero-order valence-corrected chi connectivity index (χ0v) is 30.8. The molecule has 3 amide bonds. The Labute approximate surface area is 302 Å². The van der Waals surface area contributed by atoms with Gasteiger partial charge in [-0.25, -0.2) is 19.0 Å². The van der Waals surface area contributed by atoms with Crippen molar-refractivity contribution < 1.29 is 18.8 Å². The van der Waals surface area contributed by atoms with Crippen molar-refractivity contribution in [3.8, 4) is 0 Å². The average Bonchev–Trinajstić information content (AvgIpc) is 3.32. The molecule has 260 valence electrons. The second kappa shape index (κ2) is 15.4. The maximum atomic E-state index is 14.3. The number of hydrogen-bond donors (Lipinski definition) is 3. The van der Waals surface area contributed by atoms with Gasteiger partial charge in [-0.1, -0.05) is 18.2 Å². The van der Waals surface area contributed by atoms with Crippen LogP contribution in [0.25, 0.3) is 11.0 Å². The fourth-order valence-corrected chi connectivity index (χ4v) is 7.92. The van der Waals surface area contributed by atoms with Gasteiger partial charge in [0.2, 0.25) is 0 Å². The number of nitrogens with one attached hydrogen (secondary N) is 2. The highest BCUT2D eigenvalue weighted by molar-refractivity contribution is 9.11. The highest BCUT2D eigenvalue weighted by Crippen LogP contribution is 2.33. The van der Waals surface area contributed by atoms with Crippen molar-refractivity contribution in [1.82, 2.24) is 29.7 Å². The molecule has 3 aromatic carbocycles. The molecule has 1 fully saturated rings. The number of hydrogen-bond acceptors (Lipinski definition) is 7. The number of carbonyl (C=O) groups is 2. The number of nitrogens with two attached hydrogens (primary N) is 1. The van der Waals surface area contributed by atoms with Crippen LogP contribution in [0.1, 0.15) is 42.3 Å². The Balaban J connectivity index is 1.18. The number of para-hydroxylation sites is 1. The van der Waals surface area contributed by atoms with Gasteiger partial charge in [0, 0.05) is 59.3 Å². The monoisotopic (exact) mass is 798 g/mol. The lowest BCUT2D eigenvalue weighted by molar-refractivity contribution is -0.120. The SMILES string of the molecule is CN(C)CCCn1c([C@@H](Cc2cc(Br)c(N)c(Br)c2)NC(=O)ON2CCC(N3CCc4ccccc4NC3=O)CC2)nc2cc(F)ccc21. The van der Waals surface area contributed by atoms with Crippen LogP contribution >= 0.6 is 31.9 Å². The van der Waals surface area contributed by atoms with Gasteiger partial charge in [-0.3, -0.25) is 0 Å². The number of fused-ring (bicyclic) bond motifs is 2.